The number of aliphatic hydroxyl groups excluding tert-OH is 2. The molecule has 0 aromatic heterocycles. The van der Waals surface area contributed by atoms with Gasteiger partial charge >= 0.3 is 0 Å². The van der Waals surface area contributed by atoms with Gasteiger partial charge < -0.3 is 29.5 Å². The number of phenolic OH excluding ortho intramolecular Hbond substituents is 1. The number of ether oxygens (including phenoxy) is 3. The van der Waals surface area contributed by atoms with Crippen LogP contribution >= 0.6 is 0 Å². The number of rotatable bonds is 6. The second kappa shape index (κ2) is 7.63. The lowest BCUT2D eigenvalue weighted by Gasteiger charge is -2.33. The van der Waals surface area contributed by atoms with E-state index < -0.39 is 12.2 Å². The van der Waals surface area contributed by atoms with E-state index in [4.69, 9.17) is 19.3 Å². The monoisotopic (exact) mass is 346 g/mol. The van der Waals surface area contributed by atoms with Gasteiger partial charge in [0.2, 0.25) is 0 Å². The van der Waals surface area contributed by atoms with E-state index in [1.54, 1.807) is 12.1 Å². The molecule has 0 aliphatic carbocycles. The predicted octanol–water partition coefficient (Wildman–Crippen LogP) is 2.20. The fraction of sp³-hybridized carbons (Fsp3) is 0.368. The van der Waals surface area contributed by atoms with Gasteiger partial charge in [-0.1, -0.05) is 12.1 Å². The van der Waals surface area contributed by atoms with Gasteiger partial charge in [-0.3, -0.25) is 0 Å². The largest absolute Gasteiger partial charge is 0.504 e. The molecule has 0 spiro atoms. The molecule has 2 atom stereocenters. The van der Waals surface area contributed by atoms with Gasteiger partial charge in [-0.05, 0) is 42.7 Å². The lowest BCUT2D eigenvalue weighted by atomic mass is 10.0. The van der Waals surface area contributed by atoms with Gasteiger partial charge in [0.25, 0.3) is 0 Å². The van der Waals surface area contributed by atoms with Crippen molar-refractivity contribution < 1.29 is 29.5 Å². The number of aromatic hydroxyl groups is 1. The summed E-state index contributed by atoms with van der Waals surface area (Å²) in [6, 6.07) is 10.6. The number of methoxy groups -OCH3 is 1. The summed E-state index contributed by atoms with van der Waals surface area (Å²) in [6.45, 7) is -0.0729. The highest BCUT2D eigenvalue weighted by Crippen LogP contribution is 2.41. The number of aryl methyl sites for hydroxylation is 1. The zero-order chi connectivity index (χ0) is 17.8. The van der Waals surface area contributed by atoms with Gasteiger partial charge in [0, 0.05) is 12.2 Å². The molecule has 3 rings (SSSR count). The van der Waals surface area contributed by atoms with Gasteiger partial charge in [-0.25, -0.2) is 0 Å². The summed E-state index contributed by atoms with van der Waals surface area (Å²) in [5, 5.41) is 28.4. The van der Waals surface area contributed by atoms with E-state index in [0.29, 0.717) is 23.7 Å². The van der Waals surface area contributed by atoms with E-state index in [1.165, 1.54) is 13.2 Å². The number of phenols is 1. The Morgan fingerprint density at radius 1 is 1.04 bits per heavy atom. The van der Waals surface area contributed by atoms with E-state index in [0.717, 1.165) is 17.5 Å². The zero-order valence-corrected chi connectivity index (χ0v) is 14.0. The first-order chi connectivity index (χ1) is 12.2. The van der Waals surface area contributed by atoms with E-state index in [1.807, 2.05) is 18.2 Å². The Morgan fingerprint density at radius 3 is 2.60 bits per heavy atom. The van der Waals surface area contributed by atoms with E-state index in [9.17, 15) is 10.2 Å². The minimum Gasteiger partial charge on any atom is -0.504 e. The lowest BCUT2D eigenvalue weighted by molar-refractivity contribution is -0.0124. The van der Waals surface area contributed by atoms with Gasteiger partial charge in [-0.15, -0.1) is 0 Å². The van der Waals surface area contributed by atoms with Crippen molar-refractivity contribution in [3.8, 4) is 23.0 Å². The quantitative estimate of drug-likeness (QED) is 0.743. The lowest BCUT2D eigenvalue weighted by Crippen LogP contribution is -2.36. The highest BCUT2D eigenvalue weighted by atomic mass is 16.6. The van der Waals surface area contributed by atoms with Crippen molar-refractivity contribution in [1.82, 2.24) is 0 Å². The van der Waals surface area contributed by atoms with Crippen LogP contribution in [-0.4, -0.2) is 41.7 Å². The van der Waals surface area contributed by atoms with Crippen LogP contribution in [0.4, 0.5) is 0 Å². The molecule has 2 aromatic rings. The molecule has 0 amide bonds. The Morgan fingerprint density at radius 2 is 1.88 bits per heavy atom. The number of fused-ring (bicyclic) bond motifs is 1. The molecule has 0 saturated carbocycles. The average Bonchev–Trinajstić information content (AvgIpc) is 2.65. The second-order valence-electron chi connectivity index (χ2n) is 5.92. The SMILES string of the molecule is COc1cc([C@H]2Oc3cc(CCCO)ccc3O[C@@H]2CO)ccc1O. The molecule has 1 heterocycles. The Labute approximate surface area is 146 Å². The fourth-order valence-electron chi connectivity index (χ4n) is 2.91. The molecule has 0 bridgehead atoms. The number of hydrogen-bond donors (Lipinski definition) is 3. The summed E-state index contributed by atoms with van der Waals surface area (Å²) < 4.78 is 17.1. The zero-order valence-electron chi connectivity index (χ0n) is 14.0. The van der Waals surface area contributed by atoms with E-state index in [-0.39, 0.29) is 19.0 Å². The maximum atomic E-state index is 9.77. The number of hydrogen-bond acceptors (Lipinski definition) is 6. The van der Waals surface area contributed by atoms with Crippen LogP contribution in [-0.2, 0) is 6.42 Å². The fourth-order valence-corrected chi connectivity index (χ4v) is 2.91. The highest BCUT2D eigenvalue weighted by molar-refractivity contribution is 5.47. The third kappa shape index (κ3) is 3.65. The van der Waals surface area contributed by atoms with Gasteiger partial charge in [0.1, 0.15) is 0 Å². The molecule has 0 radical (unpaired) electrons. The smallest absolute Gasteiger partial charge is 0.163 e. The second-order valence-corrected chi connectivity index (χ2v) is 5.92. The molecule has 3 N–H and O–H groups in total. The van der Waals surface area contributed by atoms with Crippen molar-refractivity contribution in [1.29, 1.82) is 0 Å². The van der Waals surface area contributed by atoms with Crippen molar-refractivity contribution in [3.63, 3.8) is 0 Å². The summed E-state index contributed by atoms with van der Waals surface area (Å²) in [4.78, 5) is 0. The molecule has 6 nitrogen and oxygen atoms in total. The van der Waals surface area contributed by atoms with Crippen LogP contribution in [0.1, 0.15) is 23.7 Å². The molecule has 1 aliphatic heterocycles. The maximum Gasteiger partial charge on any atom is 0.163 e. The van der Waals surface area contributed by atoms with Crippen LogP contribution in [0.3, 0.4) is 0 Å². The minimum absolute atomic E-state index is 0.0372. The highest BCUT2D eigenvalue weighted by Gasteiger charge is 2.33. The van der Waals surface area contributed by atoms with Crippen LogP contribution < -0.4 is 14.2 Å². The Balaban J connectivity index is 1.90. The number of benzene rings is 2. The topological polar surface area (TPSA) is 88.4 Å². The van der Waals surface area contributed by atoms with Gasteiger partial charge in [-0.2, -0.15) is 0 Å². The molecule has 0 fully saturated rings. The van der Waals surface area contributed by atoms with Crippen molar-refractivity contribution in [2.45, 2.75) is 25.0 Å². The summed E-state index contributed by atoms with van der Waals surface area (Å²) in [5.74, 6) is 1.54. The van der Waals surface area contributed by atoms with Crippen LogP contribution in [0.5, 0.6) is 23.0 Å². The standard InChI is InChI=1S/C19H22O6/c1-23-16-10-13(5-6-14(16)22)19-18(11-21)24-15-7-4-12(3-2-8-20)9-17(15)25-19/h4-7,9-10,18-22H,2-3,8,11H2,1H3/t18-,19-/m1/s1. The van der Waals surface area contributed by atoms with Gasteiger partial charge in [0.05, 0.1) is 13.7 Å². The molecule has 6 heteroatoms. The normalized spacial score (nSPS) is 18.8. The third-order valence-electron chi connectivity index (χ3n) is 4.21. The molecule has 25 heavy (non-hydrogen) atoms. The molecule has 2 aromatic carbocycles. The van der Waals surface area contributed by atoms with Gasteiger partial charge in [0.15, 0.2) is 35.2 Å². The maximum absolute atomic E-state index is 9.77. The van der Waals surface area contributed by atoms with Crippen LogP contribution in [0.15, 0.2) is 36.4 Å². The molecule has 0 saturated heterocycles. The average molecular weight is 346 g/mol. The Kier molecular flexibility index (Phi) is 5.31. The van der Waals surface area contributed by atoms with Crippen LogP contribution in [0.25, 0.3) is 0 Å². The third-order valence-corrected chi connectivity index (χ3v) is 4.21. The minimum atomic E-state index is -0.565. The van der Waals surface area contributed by atoms with Crippen molar-refractivity contribution >= 4 is 0 Å². The van der Waals surface area contributed by atoms with E-state index >= 15 is 0 Å². The Hall–Kier alpha value is -2.44. The molecule has 1 aliphatic rings. The van der Waals surface area contributed by atoms with Crippen LogP contribution in [0.2, 0.25) is 0 Å². The molecular weight excluding hydrogens is 324 g/mol. The molecular formula is C19H22O6. The first kappa shape index (κ1) is 17.4. The van der Waals surface area contributed by atoms with Crippen molar-refractivity contribution in [3.05, 3.63) is 47.5 Å². The first-order valence-corrected chi connectivity index (χ1v) is 8.21. The van der Waals surface area contributed by atoms with Crippen molar-refractivity contribution in [2.75, 3.05) is 20.3 Å². The summed E-state index contributed by atoms with van der Waals surface area (Å²) in [7, 11) is 1.48. The van der Waals surface area contributed by atoms with E-state index in [2.05, 4.69) is 0 Å². The first-order valence-electron chi connectivity index (χ1n) is 8.21. The Bertz CT molecular complexity index is 730. The summed E-state index contributed by atoms with van der Waals surface area (Å²) in [6.07, 6.45) is 0.330. The molecule has 0 unspecified atom stereocenters. The van der Waals surface area contributed by atoms with Crippen LogP contribution in [0, 0.1) is 0 Å². The predicted molar refractivity (Wildman–Crippen MR) is 91.4 cm³/mol. The molecule has 134 valence electrons. The summed E-state index contributed by atoms with van der Waals surface area (Å²) >= 11 is 0. The number of aliphatic hydroxyl groups is 2. The van der Waals surface area contributed by atoms with Crippen molar-refractivity contribution in [2.24, 2.45) is 0 Å². The summed E-state index contributed by atoms with van der Waals surface area (Å²) in [5.41, 5.74) is 1.78.